The first kappa shape index (κ1) is 19.8. The normalized spacial score (nSPS) is 14.0. The molecule has 160 valence electrons. The van der Waals surface area contributed by atoms with Crippen LogP contribution in [0.5, 0.6) is 23.1 Å². The van der Waals surface area contributed by atoms with Crippen LogP contribution in [0, 0.1) is 0 Å². The van der Waals surface area contributed by atoms with Crippen LogP contribution in [-0.2, 0) is 4.79 Å². The van der Waals surface area contributed by atoms with Crippen LogP contribution < -0.4 is 9.47 Å². The Morgan fingerprint density at radius 2 is 1.62 bits per heavy atom. The van der Waals surface area contributed by atoms with Gasteiger partial charge in [0, 0.05) is 19.3 Å². The molecular formula is C25H22N4O3. The molecule has 4 aromatic rings. The SMILES string of the molecule is C/C=C/C(=O)N1CC(n2ccc3ncnc(Oc4ccc(Oc5ccccc5)cc4)c32)C1. The van der Waals surface area contributed by atoms with Crippen LogP contribution in [0.15, 0.2) is 85.3 Å². The van der Waals surface area contributed by atoms with Crippen LogP contribution in [0.3, 0.4) is 0 Å². The molecule has 0 aliphatic carbocycles. The van der Waals surface area contributed by atoms with Gasteiger partial charge >= 0.3 is 0 Å². The van der Waals surface area contributed by atoms with Crippen molar-refractivity contribution in [2.45, 2.75) is 13.0 Å². The number of allylic oxidation sites excluding steroid dienone is 1. The van der Waals surface area contributed by atoms with Crippen molar-refractivity contribution < 1.29 is 14.3 Å². The second kappa shape index (κ2) is 8.55. The van der Waals surface area contributed by atoms with E-state index < -0.39 is 0 Å². The fourth-order valence-electron chi connectivity index (χ4n) is 3.72. The predicted octanol–water partition coefficient (Wildman–Crippen LogP) is 4.98. The molecular weight excluding hydrogens is 404 g/mol. The molecule has 0 unspecified atom stereocenters. The highest BCUT2D eigenvalue weighted by Gasteiger charge is 2.32. The highest BCUT2D eigenvalue weighted by molar-refractivity contribution is 5.88. The lowest BCUT2D eigenvalue weighted by molar-refractivity contribution is -0.131. The summed E-state index contributed by atoms with van der Waals surface area (Å²) in [4.78, 5) is 22.6. The molecule has 0 N–H and O–H groups in total. The number of carbonyl (C=O) groups excluding carboxylic acids is 1. The molecule has 32 heavy (non-hydrogen) atoms. The van der Waals surface area contributed by atoms with Crippen molar-refractivity contribution in [2.24, 2.45) is 0 Å². The topological polar surface area (TPSA) is 69.5 Å². The quantitative estimate of drug-likeness (QED) is 0.407. The molecule has 1 amide bonds. The largest absolute Gasteiger partial charge is 0.457 e. The van der Waals surface area contributed by atoms with Crippen molar-refractivity contribution >= 4 is 16.9 Å². The number of fused-ring (bicyclic) bond motifs is 1. The smallest absolute Gasteiger partial charge is 0.247 e. The Bertz CT molecular complexity index is 1260. The first-order valence-corrected chi connectivity index (χ1v) is 10.5. The van der Waals surface area contributed by atoms with Gasteiger partial charge < -0.3 is 18.9 Å². The summed E-state index contributed by atoms with van der Waals surface area (Å²) in [6.07, 6.45) is 6.83. The maximum Gasteiger partial charge on any atom is 0.247 e. The van der Waals surface area contributed by atoms with E-state index in [0.717, 1.165) is 22.5 Å². The van der Waals surface area contributed by atoms with E-state index in [9.17, 15) is 4.79 Å². The zero-order valence-corrected chi connectivity index (χ0v) is 17.6. The second-order valence-electron chi connectivity index (χ2n) is 7.52. The first-order chi connectivity index (χ1) is 15.7. The van der Waals surface area contributed by atoms with E-state index in [1.54, 1.807) is 12.2 Å². The molecule has 1 fully saturated rings. The third-order valence-electron chi connectivity index (χ3n) is 5.36. The Kier molecular flexibility index (Phi) is 5.29. The van der Waals surface area contributed by atoms with Gasteiger partial charge in [-0.3, -0.25) is 4.79 Å². The molecule has 0 atom stereocenters. The minimum atomic E-state index is 0.0331. The van der Waals surface area contributed by atoms with Gasteiger partial charge in [0.1, 0.15) is 29.1 Å². The molecule has 5 rings (SSSR count). The van der Waals surface area contributed by atoms with Crippen LogP contribution in [0.4, 0.5) is 0 Å². The molecule has 1 aliphatic rings. The Morgan fingerprint density at radius 1 is 0.938 bits per heavy atom. The lowest BCUT2D eigenvalue weighted by atomic mass is 10.1. The van der Waals surface area contributed by atoms with Crippen molar-refractivity contribution in [2.75, 3.05) is 13.1 Å². The number of benzene rings is 2. The van der Waals surface area contributed by atoms with Gasteiger partial charge in [-0.2, -0.15) is 4.98 Å². The molecule has 0 spiro atoms. The predicted molar refractivity (Wildman–Crippen MR) is 121 cm³/mol. The summed E-state index contributed by atoms with van der Waals surface area (Å²) in [7, 11) is 0. The molecule has 0 radical (unpaired) electrons. The zero-order valence-electron chi connectivity index (χ0n) is 17.6. The lowest BCUT2D eigenvalue weighted by Crippen LogP contribution is -2.50. The average molecular weight is 426 g/mol. The summed E-state index contributed by atoms with van der Waals surface area (Å²) in [5.41, 5.74) is 1.62. The summed E-state index contributed by atoms with van der Waals surface area (Å²) in [5, 5.41) is 0. The Labute approximate surface area is 185 Å². The van der Waals surface area contributed by atoms with E-state index in [1.807, 2.05) is 78.7 Å². The van der Waals surface area contributed by atoms with Crippen LogP contribution >= 0.6 is 0 Å². The number of hydrogen-bond acceptors (Lipinski definition) is 5. The molecule has 2 aromatic heterocycles. The van der Waals surface area contributed by atoms with E-state index in [4.69, 9.17) is 9.47 Å². The fraction of sp³-hybridized carbons (Fsp3) is 0.160. The van der Waals surface area contributed by atoms with Crippen molar-refractivity contribution in [1.29, 1.82) is 0 Å². The van der Waals surface area contributed by atoms with Gasteiger partial charge in [0.15, 0.2) is 0 Å². The fourth-order valence-corrected chi connectivity index (χ4v) is 3.72. The number of carbonyl (C=O) groups is 1. The van der Waals surface area contributed by atoms with Gasteiger partial charge in [0.25, 0.3) is 0 Å². The molecule has 0 saturated carbocycles. The van der Waals surface area contributed by atoms with Crippen molar-refractivity contribution in [3.05, 3.63) is 85.3 Å². The van der Waals surface area contributed by atoms with Gasteiger partial charge in [-0.05, 0) is 55.5 Å². The molecule has 3 heterocycles. The van der Waals surface area contributed by atoms with E-state index >= 15 is 0 Å². The number of nitrogens with zero attached hydrogens (tertiary/aromatic N) is 4. The van der Waals surface area contributed by atoms with Gasteiger partial charge in [-0.25, -0.2) is 4.98 Å². The molecule has 1 aliphatic heterocycles. The molecule has 0 bridgehead atoms. The van der Waals surface area contributed by atoms with Crippen molar-refractivity contribution in [1.82, 2.24) is 19.4 Å². The third-order valence-corrected chi connectivity index (χ3v) is 5.36. The average Bonchev–Trinajstić information content (AvgIpc) is 3.20. The lowest BCUT2D eigenvalue weighted by Gasteiger charge is -2.39. The van der Waals surface area contributed by atoms with Gasteiger partial charge in [0.05, 0.1) is 11.6 Å². The second-order valence-corrected chi connectivity index (χ2v) is 7.52. The number of aromatic nitrogens is 3. The number of amides is 1. The zero-order chi connectivity index (χ0) is 21.9. The van der Waals surface area contributed by atoms with E-state index in [0.29, 0.717) is 24.7 Å². The van der Waals surface area contributed by atoms with Gasteiger partial charge in [-0.15, -0.1) is 0 Å². The molecule has 1 saturated heterocycles. The maximum absolute atomic E-state index is 12.0. The number of rotatable bonds is 6. The number of hydrogen-bond donors (Lipinski definition) is 0. The highest BCUT2D eigenvalue weighted by atomic mass is 16.5. The summed E-state index contributed by atoms with van der Waals surface area (Å²) in [5.74, 6) is 2.66. The minimum absolute atomic E-state index is 0.0331. The van der Waals surface area contributed by atoms with Crippen molar-refractivity contribution in [3.63, 3.8) is 0 Å². The summed E-state index contributed by atoms with van der Waals surface area (Å²) < 4.78 is 14.0. The van der Waals surface area contributed by atoms with Crippen LogP contribution in [0.25, 0.3) is 11.0 Å². The van der Waals surface area contributed by atoms with Gasteiger partial charge in [0.2, 0.25) is 11.8 Å². The Morgan fingerprint density at radius 3 is 2.34 bits per heavy atom. The number of ether oxygens (including phenoxy) is 2. The maximum atomic E-state index is 12.0. The highest BCUT2D eigenvalue weighted by Crippen LogP contribution is 2.33. The standard InChI is InChI=1S/C25H22N4O3/c1-2-6-23(30)28-15-18(16-28)29-14-13-22-24(29)25(27-17-26-22)32-21-11-9-20(10-12-21)31-19-7-4-3-5-8-19/h2-14,17-18H,15-16H2,1H3/b6-2+. The van der Waals surface area contributed by atoms with Crippen molar-refractivity contribution in [3.8, 4) is 23.1 Å². The monoisotopic (exact) mass is 426 g/mol. The summed E-state index contributed by atoms with van der Waals surface area (Å²) in [6.45, 7) is 3.13. The van der Waals surface area contributed by atoms with E-state index in [2.05, 4.69) is 14.5 Å². The number of para-hydroxylation sites is 1. The molecule has 7 nitrogen and oxygen atoms in total. The molecule has 2 aromatic carbocycles. The number of likely N-dealkylation sites (tertiary alicyclic amines) is 1. The van der Waals surface area contributed by atoms with Crippen LogP contribution in [-0.4, -0.2) is 38.4 Å². The first-order valence-electron chi connectivity index (χ1n) is 10.5. The Balaban J connectivity index is 1.34. The summed E-state index contributed by atoms with van der Waals surface area (Å²) >= 11 is 0. The van der Waals surface area contributed by atoms with Crippen LogP contribution in [0.1, 0.15) is 13.0 Å². The van der Waals surface area contributed by atoms with Gasteiger partial charge in [-0.1, -0.05) is 24.3 Å². The third kappa shape index (κ3) is 3.92. The summed E-state index contributed by atoms with van der Waals surface area (Å²) in [6, 6.07) is 19.1. The van der Waals surface area contributed by atoms with E-state index in [-0.39, 0.29) is 11.9 Å². The van der Waals surface area contributed by atoms with Crippen LogP contribution in [0.2, 0.25) is 0 Å². The minimum Gasteiger partial charge on any atom is -0.457 e. The van der Waals surface area contributed by atoms with E-state index in [1.165, 1.54) is 6.33 Å². The molecule has 7 heteroatoms. The Hall–Kier alpha value is -4.13.